The number of aldehydes is 1. The quantitative estimate of drug-likeness (QED) is 0.699. The van der Waals surface area contributed by atoms with Crippen LogP contribution in [0.5, 0.6) is 0 Å². The topological polar surface area (TPSA) is 30.0 Å². The van der Waals surface area contributed by atoms with Crippen molar-refractivity contribution in [2.45, 2.75) is 0 Å². The number of halogens is 1. The van der Waals surface area contributed by atoms with Gasteiger partial charge in [0, 0.05) is 17.3 Å². The Kier molecular flexibility index (Phi) is 2.54. The lowest BCUT2D eigenvalue weighted by molar-refractivity contribution is 0.112. The maximum absolute atomic E-state index is 12.9. The van der Waals surface area contributed by atoms with Crippen LogP contribution < -0.4 is 0 Å². The third-order valence-electron chi connectivity index (χ3n) is 2.08. The van der Waals surface area contributed by atoms with Crippen molar-refractivity contribution < 1.29 is 9.18 Å². The molecule has 0 aliphatic carbocycles. The number of carbonyl (C=O) groups is 1. The summed E-state index contributed by atoms with van der Waals surface area (Å²) in [6, 6.07) is 8.31. The number of nitrogens with zero attached hydrogens (tertiary/aromatic N) is 1. The Bertz CT molecular complexity index is 479. The van der Waals surface area contributed by atoms with Gasteiger partial charge in [0.1, 0.15) is 12.1 Å². The molecule has 3 heteroatoms. The lowest BCUT2D eigenvalue weighted by Crippen LogP contribution is -1.84. The van der Waals surface area contributed by atoms with Gasteiger partial charge in [0.05, 0.1) is 6.20 Å². The van der Waals surface area contributed by atoms with E-state index < -0.39 is 0 Å². The first-order valence-electron chi connectivity index (χ1n) is 4.46. The van der Waals surface area contributed by atoms with Crippen LogP contribution in [0.25, 0.3) is 11.1 Å². The summed E-state index contributed by atoms with van der Waals surface area (Å²) in [5.74, 6) is -0.369. The van der Waals surface area contributed by atoms with E-state index in [1.807, 2.05) is 0 Å². The molecule has 15 heavy (non-hydrogen) atoms. The molecule has 0 spiro atoms. The zero-order valence-corrected chi connectivity index (χ0v) is 7.85. The Balaban J connectivity index is 2.41. The Morgan fingerprint density at radius 1 is 1.07 bits per heavy atom. The predicted molar refractivity (Wildman–Crippen MR) is 55.0 cm³/mol. The number of aromatic nitrogens is 1. The molecule has 0 atom stereocenters. The highest BCUT2D eigenvalue weighted by atomic mass is 19.1. The van der Waals surface area contributed by atoms with Gasteiger partial charge >= 0.3 is 0 Å². The molecule has 1 aromatic heterocycles. The molecule has 1 aromatic carbocycles. The number of hydrogen-bond donors (Lipinski definition) is 0. The molecule has 2 rings (SSSR count). The van der Waals surface area contributed by atoms with E-state index >= 15 is 0 Å². The molecule has 0 aliphatic heterocycles. The van der Waals surface area contributed by atoms with Gasteiger partial charge in [-0.25, -0.2) is 4.39 Å². The molecule has 0 amide bonds. The summed E-state index contributed by atoms with van der Waals surface area (Å²) in [6.45, 7) is 0. The van der Waals surface area contributed by atoms with E-state index in [1.165, 1.54) is 6.07 Å². The number of hydrogen-bond acceptors (Lipinski definition) is 2. The first kappa shape index (κ1) is 9.52. The summed E-state index contributed by atoms with van der Waals surface area (Å²) in [5, 5.41) is 0. The van der Waals surface area contributed by atoms with Crippen molar-refractivity contribution in [2.24, 2.45) is 0 Å². The number of benzene rings is 1. The molecule has 0 bridgehead atoms. The van der Waals surface area contributed by atoms with E-state index in [-0.39, 0.29) is 5.82 Å². The molecule has 0 saturated heterocycles. The van der Waals surface area contributed by atoms with Crippen LogP contribution in [0.1, 0.15) is 10.4 Å². The molecule has 74 valence electrons. The predicted octanol–water partition coefficient (Wildman–Crippen LogP) is 2.70. The van der Waals surface area contributed by atoms with Crippen LogP contribution in [0.2, 0.25) is 0 Å². The second kappa shape index (κ2) is 4.00. The summed E-state index contributed by atoms with van der Waals surface area (Å²) < 4.78 is 12.9. The van der Waals surface area contributed by atoms with Gasteiger partial charge in [-0.3, -0.25) is 9.78 Å². The van der Waals surface area contributed by atoms with E-state index in [0.717, 1.165) is 18.0 Å². The fourth-order valence-electron chi connectivity index (χ4n) is 1.32. The minimum absolute atomic E-state index is 0.369. The van der Waals surface area contributed by atoms with Gasteiger partial charge in [-0.2, -0.15) is 0 Å². The summed E-state index contributed by atoms with van der Waals surface area (Å²) in [7, 11) is 0. The monoisotopic (exact) mass is 201 g/mol. The van der Waals surface area contributed by atoms with Crippen LogP contribution in [0.4, 0.5) is 4.39 Å². The molecule has 0 radical (unpaired) electrons. The minimum atomic E-state index is -0.369. The molecular weight excluding hydrogens is 193 g/mol. The van der Waals surface area contributed by atoms with E-state index in [2.05, 4.69) is 4.98 Å². The van der Waals surface area contributed by atoms with Crippen molar-refractivity contribution in [2.75, 3.05) is 0 Å². The molecular formula is C12H8FNO. The van der Waals surface area contributed by atoms with Gasteiger partial charge in [-0.1, -0.05) is 24.3 Å². The van der Waals surface area contributed by atoms with E-state index in [4.69, 9.17) is 0 Å². The number of pyridine rings is 1. The first-order valence-corrected chi connectivity index (χ1v) is 4.46. The van der Waals surface area contributed by atoms with Crippen molar-refractivity contribution in [3.05, 3.63) is 54.1 Å². The molecule has 1 heterocycles. The van der Waals surface area contributed by atoms with Gasteiger partial charge in [-0.05, 0) is 11.6 Å². The highest BCUT2D eigenvalue weighted by molar-refractivity contribution is 5.76. The summed E-state index contributed by atoms with van der Waals surface area (Å²) in [5.41, 5.74) is 2.14. The van der Waals surface area contributed by atoms with Crippen molar-refractivity contribution in [1.82, 2.24) is 4.98 Å². The van der Waals surface area contributed by atoms with Gasteiger partial charge in [0.15, 0.2) is 0 Å². The zero-order valence-electron chi connectivity index (χ0n) is 7.85. The van der Waals surface area contributed by atoms with Gasteiger partial charge in [-0.15, -0.1) is 0 Å². The molecule has 0 N–H and O–H groups in total. The molecule has 2 nitrogen and oxygen atoms in total. The van der Waals surface area contributed by atoms with Crippen LogP contribution in [0.15, 0.2) is 42.7 Å². The Morgan fingerprint density at radius 3 is 2.40 bits per heavy atom. The lowest BCUT2D eigenvalue weighted by Gasteiger charge is -2.00. The molecule has 0 unspecified atom stereocenters. The van der Waals surface area contributed by atoms with E-state index in [9.17, 15) is 9.18 Å². The minimum Gasteiger partial charge on any atom is -0.298 e. The average molecular weight is 201 g/mol. The van der Waals surface area contributed by atoms with Crippen LogP contribution in [-0.2, 0) is 0 Å². The zero-order chi connectivity index (χ0) is 10.7. The SMILES string of the molecule is O=Cc1ccc(-c2cncc(F)c2)cc1. The average Bonchev–Trinajstić information content (AvgIpc) is 2.29. The number of carbonyl (C=O) groups excluding carboxylic acids is 1. The van der Waals surface area contributed by atoms with Crippen molar-refractivity contribution in [3.63, 3.8) is 0 Å². The van der Waals surface area contributed by atoms with E-state index in [1.54, 1.807) is 30.5 Å². The Labute approximate surface area is 86.4 Å². The Hall–Kier alpha value is -2.03. The highest BCUT2D eigenvalue weighted by Crippen LogP contribution is 2.18. The maximum Gasteiger partial charge on any atom is 0.150 e. The van der Waals surface area contributed by atoms with E-state index in [0.29, 0.717) is 11.1 Å². The van der Waals surface area contributed by atoms with Crippen molar-refractivity contribution in [1.29, 1.82) is 0 Å². The van der Waals surface area contributed by atoms with Crippen LogP contribution >= 0.6 is 0 Å². The number of rotatable bonds is 2. The van der Waals surface area contributed by atoms with Crippen LogP contribution in [0.3, 0.4) is 0 Å². The second-order valence-corrected chi connectivity index (χ2v) is 3.13. The van der Waals surface area contributed by atoms with Crippen molar-refractivity contribution in [3.8, 4) is 11.1 Å². The molecule has 0 saturated carbocycles. The summed E-state index contributed by atoms with van der Waals surface area (Å²) >= 11 is 0. The first-order chi connectivity index (χ1) is 7.29. The largest absolute Gasteiger partial charge is 0.298 e. The van der Waals surface area contributed by atoms with Gasteiger partial charge in [0.25, 0.3) is 0 Å². The third-order valence-corrected chi connectivity index (χ3v) is 2.08. The molecule has 0 aliphatic rings. The fraction of sp³-hybridized carbons (Fsp3) is 0. The van der Waals surface area contributed by atoms with Gasteiger partial charge < -0.3 is 0 Å². The normalized spacial score (nSPS) is 9.93. The smallest absolute Gasteiger partial charge is 0.150 e. The van der Waals surface area contributed by atoms with Crippen LogP contribution in [0, 0.1) is 5.82 Å². The van der Waals surface area contributed by atoms with Crippen molar-refractivity contribution >= 4 is 6.29 Å². The third kappa shape index (κ3) is 2.07. The second-order valence-electron chi connectivity index (χ2n) is 3.13. The lowest BCUT2D eigenvalue weighted by atomic mass is 10.1. The molecule has 0 fully saturated rings. The summed E-state index contributed by atoms with van der Waals surface area (Å²) in [4.78, 5) is 14.2. The molecule has 2 aromatic rings. The maximum atomic E-state index is 12.9. The Morgan fingerprint density at radius 2 is 1.80 bits per heavy atom. The standard InChI is InChI=1S/C12H8FNO/c13-12-5-11(6-14-7-12)10-3-1-9(8-15)2-4-10/h1-8H. The van der Waals surface area contributed by atoms with Crippen LogP contribution in [-0.4, -0.2) is 11.3 Å². The highest BCUT2D eigenvalue weighted by Gasteiger charge is 1.99. The summed E-state index contributed by atoms with van der Waals surface area (Å²) in [6.07, 6.45) is 3.51. The van der Waals surface area contributed by atoms with Gasteiger partial charge in [0.2, 0.25) is 0 Å². The fourth-order valence-corrected chi connectivity index (χ4v) is 1.32.